The molecule has 1 aliphatic rings. The second-order valence-electron chi connectivity index (χ2n) is 6.98. The fourth-order valence-corrected chi connectivity index (χ4v) is 3.37. The van der Waals surface area contributed by atoms with Gasteiger partial charge in [-0.25, -0.2) is 0 Å². The van der Waals surface area contributed by atoms with Crippen LogP contribution in [0.3, 0.4) is 0 Å². The van der Waals surface area contributed by atoms with Crippen LogP contribution in [0.25, 0.3) is 0 Å². The molecule has 3 rings (SSSR count). The van der Waals surface area contributed by atoms with Gasteiger partial charge in [0.25, 0.3) is 0 Å². The van der Waals surface area contributed by atoms with E-state index in [9.17, 15) is 9.59 Å². The van der Waals surface area contributed by atoms with Crippen LogP contribution in [0.4, 0.5) is 5.69 Å². The van der Waals surface area contributed by atoms with Crippen LogP contribution >= 0.6 is 11.6 Å². The number of rotatable bonds is 7. The van der Waals surface area contributed by atoms with Crippen molar-refractivity contribution in [1.29, 1.82) is 0 Å². The zero-order valence-electron chi connectivity index (χ0n) is 17.2. The molecule has 2 aromatic carbocycles. The molecule has 0 unspecified atom stereocenters. The molecule has 1 N–H and O–H groups in total. The molecule has 0 atom stereocenters. The van der Waals surface area contributed by atoms with Gasteiger partial charge in [-0.1, -0.05) is 11.6 Å². The number of benzene rings is 2. The van der Waals surface area contributed by atoms with Crippen molar-refractivity contribution in [3.8, 4) is 17.2 Å². The summed E-state index contributed by atoms with van der Waals surface area (Å²) in [5, 5.41) is 3.39. The maximum absolute atomic E-state index is 12.6. The number of hydrogen-bond acceptors (Lipinski definition) is 5. The standard InChI is InChI=1S/C22H26ClN3O4/c1-3-29-18-5-7-19(8-6-18)30-21-9-4-17(23)14-20(21)24-22(28)15-25-10-12-26(13-11-25)16(2)27/h4-9,14H,3,10-13,15H2,1-2H3,(H,24,28). The number of amides is 2. The summed E-state index contributed by atoms with van der Waals surface area (Å²) in [6, 6.07) is 12.4. The van der Waals surface area contributed by atoms with E-state index in [-0.39, 0.29) is 18.4 Å². The number of hydrogen-bond donors (Lipinski definition) is 1. The molecule has 160 valence electrons. The van der Waals surface area contributed by atoms with Gasteiger partial charge in [0.05, 0.1) is 18.8 Å². The van der Waals surface area contributed by atoms with Crippen molar-refractivity contribution in [3.05, 3.63) is 47.5 Å². The number of nitrogens with one attached hydrogen (secondary N) is 1. The average Bonchev–Trinajstić information content (AvgIpc) is 2.72. The number of anilines is 1. The molecular weight excluding hydrogens is 406 g/mol. The quantitative estimate of drug-likeness (QED) is 0.724. The van der Waals surface area contributed by atoms with E-state index in [2.05, 4.69) is 5.32 Å². The zero-order valence-corrected chi connectivity index (χ0v) is 17.9. The lowest BCUT2D eigenvalue weighted by molar-refractivity contribution is -0.130. The molecule has 7 nitrogen and oxygen atoms in total. The number of carbonyl (C=O) groups excluding carboxylic acids is 2. The van der Waals surface area contributed by atoms with Crippen molar-refractivity contribution in [2.45, 2.75) is 13.8 Å². The molecular formula is C22H26ClN3O4. The Bertz CT molecular complexity index is 880. The first-order valence-electron chi connectivity index (χ1n) is 9.92. The number of ether oxygens (including phenoxy) is 2. The van der Waals surface area contributed by atoms with Crippen LogP contribution in [0.2, 0.25) is 5.02 Å². The Kier molecular flexibility index (Phi) is 7.54. The molecule has 0 radical (unpaired) electrons. The van der Waals surface area contributed by atoms with Gasteiger partial charge in [-0.15, -0.1) is 0 Å². The van der Waals surface area contributed by atoms with E-state index in [4.69, 9.17) is 21.1 Å². The maximum atomic E-state index is 12.6. The highest BCUT2D eigenvalue weighted by Gasteiger charge is 2.21. The minimum absolute atomic E-state index is 0.0640. The van der Waals surface area contributed by atoms with Gasteiger partial charge in [-0.05, 0) is 49.4 Å². The van der Waals surface area contributed by atoms with Crippen LogP contribution < -0.4 is 14.8 Å². The molecule has 0 spiro atoms. The third-order valence-electron chi connectivity index (χ3n) is 4.76. The van der Waals surface area contributed by atoms with Crippen molar-refractivity contribution in [1.82, 2.24) is 9.80 Å². The van der Waals surface area contributed by atoms with Crippen LogP contribution in [-0.4, -0.2) is 60.9 Å². The summed E-state index contributed by atoms with van der Waals surface area (Å²) in [5.41, 5.74) is 0.503. The van der Waals surface area contributed by atoms with Gasteiger partial charge in [0.1, 0.15) is 11.5 Å². The summed E-state index contributed by atoms with van der Waals surface area (Å²) in [4.78, 5) is 27.8. The Morgan fingerprint density at radius 3 is 2.33 bits per heavy atom. The molecule has 1 fully saturated rings. The number of nitrogens with zero attached hydrogens (tertiary/aromatic N) is 2. The topological polar surface area (TPSA) is 71.1 Å². The largest absolute Gasteiger partial charge is 0.494 e. The first kappa shape index (κ1) is 21.9. The Labute approximate surface area is 181 Å². The Morgan fingerprint density at radius 1 is 1.03 bits per heavy atom. The Hall–Kier alpha value is -2.77. The summed E-state index contributed by atoms with van der Waals surface area (Å²) in [6.45, 7) is 6.91. The molecule has 30 heavy (non-hydrogen) atoms. The highest BCUT2D eigenvalue weighted by molar-refractivity contribution is 6.31. The van der Waals surface area contributed by atoms with Gasteiger partial charge in [0.15, 0.2) is 5.75 Å². The lowest BCUT2D eigenvalue weighted by Crippen LogP contribution is -2.49. The van der Waals surface area contributed by atoms with Crippen LogP contribution in [-0.2, 0) is 9.59 Å². The van der Waals surface area contributed by atoms with Crippen LogP contribution in [0.1, 0.15) is 13.8 Å². The van der Waals surface area contributed by atoms with E-state index in [0.29, 0.717) is 55.0 Å². The van der Waals surface area contributed by atoms with E-state index in [1.54, 1.807) is 42.2 Å². The summed E-state index contributed by atoms with van der Waals surface area (Å²) < 4.78 is 11.4. The summed E-state index contributed by atoms with van der Waals surface area (Å²) >= 11 is 6.13. The molecule has 0 saturated carbocycles. The van der Waals surface area contributed by atoms with E-state index in [0.717, 1.165) is 5.75 Å². The summed E-state index contributed by atoms with van der Waals surface area (Å²) in [6.07, 6.45) is 0. The normalized spacial score (nSPS) is 14.3. The Balaban J connectivity index is 1.62. The fourth-order valence-electron chi connectivity index (χ4n) is 3.20. The first-order valence-corrected chi connectivity index (χ1v) is 10.3. The van der Waals surface area contributed by atoms with Crippen LogP contribution in [0.15, 0.2) is 42.5 Å². The molecule has 1 aliphatic heterocycles. The first-order chi connectivity index (χ1) is 14.4. The monoisotopic (exact) mass is 431 g/mol. The third-order valence-corrected chi connectivity index (χ3v) is 5.00. The number of piperazine rings is 1. The average molecular weight is 432 g/mol. The van der Waals surface area contributed by atoms with Crippen molar-refractivity contribution >= 4 is 29.1 Å². The van der Waals surface area contributed by atoms with E-state index >= 15 is 0 Å². The number of carbonyl (C=O) groups is 2. The van der Waals surface area contributed by atoms with Crippen LogP contribution in [0, 0.1) is 0 Å². The van der Waals surface area contributed by atoms with E-state index in [1.807, 2.05) is 24.0 Å². The van der Waals surface area contributed by atoms with Crippen molar-refractivity contribution in [3.63, 3.8) is 0 Å². The Morgan fingerprint density at radius 2 is 1.70 bits per heavy atom. The van der Waals surface area contributed by atoms with Crippen molar-refractivity contribution in [2.24, 2.45) is 0 Å². The molecule has 0 aliphatic carbocycles. The lowest BCUT2D eigenvalue weighted by atomic mass is 10.2. The predicted molar refractivity (Wildman–Crippen MR) is 116 cm³/mol. The second kappa shape index (κ2) is 10.3. The predicted octanol–water partition coefficient (Wildman–Crippen LogP) is 3.63. The van der Waals surface area contributed by atoms with Gasteiger partial charge in [0.2, 0.25) is 11.8 Å². The molecule has 2 amide bonds. The minimum atomic E-state index is -0.162. The van der Waals surface area contributed by atoms with Gasteiger partial charge in [-0.2, -0.15) is 0 Å². The SMILES string of the molecule is CCOc1ccc(Oc2ccc(Cl)cc2NC(=O)CN2CCN(C(C)=O)CC2)cc1. The molecule has 0 aromatic heterocycles. The summed E-state index contributed by atoms with van der Waals surface area (Å²) in [5.74, 6) is 1.79. The molecule has 8 heteroatoms. The zero-order chi connectivity index (χ0) is 21.5. The van der Waals surface area contributed by atoms with Gasteiger partial charge >= 0.3 is 0 Å². The highest BCUT2D eigenvalue weighted by Crippen LogP contribution is 2.32. The third kappa shape index (κ3) is 6.11. The highest BCUT2D eigenvalue weighted by atomic mass is 35.5. The van der Waals surface area contributed by atoms with Crippen LogP contribution in [0.5, 0.6) is 17.2 Å². The van der Waals surface area contributed by atoms with Gasteiger partial charge in [-0.3, -0.25) is 14.5 Å². The van der Waals surface area contributed by atoms with Crippen molar-refractivity contribution in [2.75, 3.05) is 44.6 Å². The van der Waals surface area contributed by atoms with Gasteiger partial charge in [0, 0.05) is 38.1 Å². The fraction of sp³-hybridized carbons (Fsp3) is 0.364. The van der Waals surface area contributed by atoms with E-state index < -0.39 is 0 Å². The lowest BCUT2D eigenvalue weighted by Gasteiger charge is -2.33. The van der Waals surface area contributed by atoms with E-state index in [1.165, 1.54) is 0 Å². The second-order valence-corrected chi connectivity index (χ2v) is 7.41. The molecule has 1 saturated heterocycles. The maximum Gasteiger partial charge on any atom is 0.238 e. The molecule has 2 aromatic rings. The van der Waals surface area contributed by atoms with Gasteiger partial charge < -0.3 is 19.7 Å². The smallest absolute Gasteiger partial charge is 0.238 e. The number of halogens is 1. The van der Waals surface area contributed by atoms with Crippen molar-refractivity contribution < 1.29 is 19.1 Å². The molecule has 1 heterocycles. The molecule has 0 bridgehead atoms. The summed E-state index contributed by atoms with van der Waals surface area (Å²) in [7, 11) is 0. The minimum Gasteiger partial charge on any atom is -0.494 e.